The first-order valence-corrected chi connectivity index (χ1v) is 6.09. The van der Waals surface area contributed by atoms with Crippen LogP contribution in [0.1, 0.15) is 27.2 Å². The molecule has 0 unspecified atom stereocenters. The fraction of sp³-hybridized carbons (Fsp3) is 0.583. The van der Waals surface area contributed by atoms with E-state index in [4.69, 9.17) is 6.42 Å². The van der Waals surface area contributed by atoms with Gasteiger partial charge >= 0.3 is 0 Å². The number of aromatic nitrogens is 3. The van der Waals surface area contributed by atoms with E-state index in [1.165, 1.54) is 0 Å². The Morgan fingerprint density at radius 1 is 1.11 bits per heavy atom. The normalized spacial score (nSPS) is 9.94. The van der Waals surface area contributed by atoms with Crippen molar-refractivity contribution in [2.24, 2.45) is 0 Å². The molecule has 6 nitrogen and oxygen atoms in total. The lowest BCUT2D eigenvalue weighted by molar-refractivity contribution is 0.863. The van der Waals surface area contributed by atoms with E-state index in [1.54, 1.807) is 0 Å². The molecule has 0 saturated carbocycles. The molecule has 0 aliphatic carbocycles. The van der Waals surface area contributed by atoms with Crippen molar-refractivity contribution >= 4 is 17.8 Å². The minimum Gasteiger partial charge on any atom is -0.354 e. The van der Waals surface area contributed by atoms with E-state index in [0.717, 1.165) is 13.0 Å². The number of anilines is 3. The Labute approximate surface area is 108 Å². The monoisotopic (exact) mass is 248 g/mol. The van der Waals surface area contributed by atoms with Crippen molar-refractivity contribution in [3.05, 3.63) is 0 Å². The van der Waals surface area contributed by atoms with Crippen LogP contribution in [0.15, 0.2) is 0 Å². The number of nitrogens with one attached hydrogen (secondary N) is 3. The van der Waals surface area contributed by atoms with E-state index in [1.807, 2.05) is 13.8 Å². The summed E-state index contributed by atoms with van der Waals surface area (Å²) in [4.78, 5) is 12.8. The average molecular weight is 248 g/mol. The van der Waals surface area contributed by atoms with Crippen molar-refractivity contribution in [3.8, 4) is 12.3 Å². The minimum absolute atomic E-state index is 0.256. The zero-order chi connectivity index (χ0) is 13.4. The molecule has 1 rings (SSSR count). The van der Waals surface area contributed by atoms with Crippen LogP contribution in [0.3, 0.4) is 0 Å². The smallest absolute Gasteiger partial charge is 0.230 e. The highest BCUT2D eigenvalue weighted by atomic mass is 15.3. The predicted octanol–water partition coefficient (Wildman–Crippen LogP) is 1.56. The van der Waals surface area contributed by atoms with Gasteiger partial charge in [0.25, 0.3) is 0 Å². The quantitative estimate of drug-likeness (QED) is 0.636. The molecule has 0 bridgehead atoms. The molecule has 0 fully saturated rings. The minimum atomic E-state index is 0.256. The van der Waals surface area contributed by atoms with Gasteiger partial charge in [0.1, 0.15) is 0 Å². The fourth-order valence-corrected chi connectivity index (χ4v) is 1.22. The number of hydrogen-bond donors (Lipinski definition) is 3. The van der Waals surface area contributed by atoms with Gasteiger partial charge < -0.3 is 16.0 Å². The molecule has 0 aromatic carbocycles. The van der Waals surface area contributed by atoms with E-state index in [2.05, 4.69) is 43.7 Å². The number of rotatable bonds is 7. The van der Waals surface area contributed by atoms with Crippen molar-refractivity contribution < 1.29 is 0 Å². The van der Waals surface area contributed by atoms with Crippen LogP contribution in [0.25, 0.3) is 0 Å². The Morgan fingerprint density at radius 2 is 1.72 bits per heavy atom. The van der Waals surface area contributed by atoms with E-state index in [-0.39, 0.29) is 6.04 Å². The van der Waals surface area contributed by atoms with Gasteiger partial charge in [0.15, 0.2) is 0 Å². The lowest BCUT2D eigenvalue weighted by atomic mass is 10.4. The molecule has 0 aliphatic rings. The van der Waals surface area contributed by atoms with Crippen LogP contribution in [-0.4, -0.2) is 34.1 Å². The second kappa shape index (κ2) is 7.33. The maximum atomic E-state index is 5.20. The Morgan fingerprint density at radius 3 is 2.28 bits per heavy atom. The predicted molar refractivity (Wildman–Crippen MR) is 74.7 cm³/mol. The van der Waals surface area contributed by atoms with Gasteiger partial charge in [0.05, 0.1) is 6.54 Å². The largest absolute Gasteiger partial charge is 0.354 e. The third kappa shape index (κ3) is 4.87. The molecule has 18 heavy (non-hydrogen) atoms. The SMILES string of the molecule is C#CCNc1nc(NCCC)nc(NC(C)C)n1. The van der Waals surface area contributed by atoms with Crippen LogP contribution >= 0.6 is 0 Å². The Balaban J connectivity index is 2.85. The Hall–Kier alpha value is -2.03. The van der Waals surface area contributed by atoms with Crippen molar-refractivity contribution in [1.29, 1.82) is 0 Å². The molecule has 0 saturated heterocycles. The standard InChI is InChI=1S/C12H20N6/c1-5-7-13-10-16-11(14-8-6-2)18-12(17-10)15-9(3)4/h1,9H,6-8H2,2-4H3,(H3,13,14,15,16,17,18). The Bertz CT molecular complexity index is 410. The molecule has 3 N–H and O–H groups in total. The second-order valence-electron chi connectivity index (χ2n) is 4.09. The van der Waals surface area contributed by atoms with E-state index in [0.29, 0.717) is 24.4 Å². The molecular weight excluding hydrogens is 228 g/mol. The van der Waals surface area contributed by atoms with Gasteiger partial charge in [-0.05, 0) is 20.3 Å². The summed E-state index contributed by atoms with van der Waals surface area (Å²) in [5.41, 5.74) is 0. The summed E-state index contributed by atoms with van der Waals surface area (Å²) in [6.45, 7) is 7.34. The van der Waals surface area contributed by atoms with Crippen molar-refractivity contribution in [2.45, 2.75) is 33.2 Å². The Kier molecular flexibility index (Phi) is 5.71. The first kappa shape index (κ1) is 14.0. The van der Waals surface area contributed by atoms with Crippen molar-refractivity contribution in [2.75, 3.05) is 29.0 Å². The van der Waals surface area contributed by atoms with Crippen molar-refractivity contribution in [1.82, 2.24) is 15.0 Å². The third-order valence-electron chi connectivity index (χ3n) is 1.93. The lowest BCUT2D eigenvalue weighted by Gasteiger charge is -2.11. The van der Waals surface area contributed by atoms with Gasteiger partial charge in [0.2, 0.25) is 17.8 Å². The topological polar surface area (TPSA) is 74.8 Å². The third-order valence-corrected chi connectivity index (χ3v) is 1.93. The van der Waals surface area contributed by atoms with E-state index < -0.39 is 0 Å². The number of terminal acetylenes is 1. The molecule has 98 valence electrons. The highest BCUT2D eigenvalue weighted by Gasteiger charge is 2.06. The summed E-state index contributed by atoms with van der Waals surface area (Å²) < 4.78 is 0. The van der Waals surface area contributed by atoms with Gasteiger partial charge in [0, 0.05) is 12.6 Å². The zero-order valence-corrected chi connectivity index (χ0v) is 11.1. The summed E-state index contributed by atoms with van der Waals surface area (Å²) >= 11 is 0. The van der Waals surface area contributed by atoms with Crippen LogP contribution in [0, 0.1) is 12.3 Å². The molecule has 0 radical (unpaired) electrons. The summed E-state index contributed by atoms with van der Waals surface area (Å²) in [5.74, 6) is 4.05. The van der Waals surface area contributed by atoms with Crippen molar-refractivity contribution in [3.63, 3.8) is 0 Å². The first-order valence-electron chi connectivity index (χ1n) is 6.09. The van der Waals surface area contributed by atoms with Gasteiger partial charge in [-0.1, -0.05) is 12.8 Å². The van der Waals surface area contributed by atoms with Gasteiger partial charge in [-0.15, -0.1) is 6.42 Å². The highest BCUT2D eigenvalue weighted by Crippen LogP contribution is 2.10. The second-order valence-corrected chi connectivity index (χ2v) is 4.09. The molecule has 1 aromatic heterocycles. The molecule has 0 atom stereocenters. The molecule has 0 spiro atoms. The van der Waals surface area contributed by atoms with Gasteiger partial charge in [-0.25, -0.2) is 0 Å². The number of nitrogens with zero attached hydrogens (tertiary/aromatic N) is 3. The summed E-state index contributed by atoms with van der Waals surface area (Å²) in [7, 11) is 0. The maximum Gasteiger partial charge on any atom is 0.230 e. The van der Waals surface area contributed by atoms with Crippen LogP contribution in [0.4, 0.5) is 17.8 Å². The molecule has 6 heteroatoms. The number of hydrogen-bond acceptors (Lipinski definition) is 6. The van der Waals surface area contributed by atoms with E-state index >= 15 is 0 Å². The molecule has 1 heterocycles. The fourth-order valence-electron chi connectivity index (χ4n) is 1.22. The molecule has 0 aliphatic heterocycles. The van der Waals surface area contributed by atoms with Gasteiger partial charge in [-0.2, -0.15) is 15.0 Å². The van der Waals surface area contributed by atoms with E-state index in [9.17, 15) is 0 Å². The highest BCUT2D eigenvalue weighted by molar-refractivity contribution is 5.42. The molecule has 1 aromatic rings. The maximum absolute atomic E-state index is 5.20. The van der Waals surface area contributed by atoms with Crippen LogP contribution in [0.5, 0.6) is 0 Å². The summed E-state index contributed by atoms with van der Waals surface area (Å²) in [6, 6.07) is 0.256. The van der Waals surface area contributed by atoms with Gasteiger partial charge in [-0.3, -0.25) is 0 Å². The van der Waals surface area contributed by atoms with Crippen LogP contribution in [-0.2, 0) is 0 Å². The molecule has 0 amide bonds. The summed E-state index contributed by atoms with van der Waals surface area (Å²) in [6.07, 6.45) is 6.20. The molecular formula is C12H20N6. The van der Waals surface area contributed by atoms with Crippen LogP contribution in [0.2, 0.25) is 0 Å². The summed E-state index contributed by atoms with van der Waals surface area (Å²) in [5, 5.41) is 9.22. The van der Waals surface area contributed by atoms with Crippen LogP contribution < -0.4 is 16.0 Å². The first-order chi connectivity index (χ1) is 8.65. The zero-order valence-electron chi connectivity index (χ0n) is 11.1. The lowest BCUT2D eigenvalue weighted by Crippen LogP contribution is -2.16. The average Bonchev–Trinajstić information content (AvgIpc) is 2.33.